The maximum Gasteiger partial charge on any atom is 0.160 e. The summed E-state index contributed by atoms with van der Waals surface area (Å²) in [6, 6.07) is 4.70. The minimum atomic E-state index is -1.20. The molecule has 0 aromatic heterocycles. The maximum absolute atomic E-state index is 10.4. The van der Waals surface area contributed by atoms with Gasteiger partial charge in [-0.25, -0.2) is 0 Å². The lowest BCUT2D eigenvalue weighted by Gasteiger charge is -2.37. The van der Waals surface area contributed by atoms with Crippen LogP contribution in [0.5, 0.6) is 11.5 Å². The van der Waals surface area contributed by atoms with E-state index in [0.29, 0.717) is 11.3 Å². The summed E-state index contributed by atoms with van der Waals surface area (Å²) in [6.07, 6.45) is 0. The molecule has 4 heteroatoms. The molecular weight excluding hydrogens is 206 g/mol. The third-order valence-electron chi connectivity index (χ3n) is 3.00. The molecule has 0 saturated heterocycles. The lowest BCUT2D eigenvalue weighted by Crippen LogP contribution is -2.52. The highest BCUT2D eigenvalue weighted by atomic mass is 16.5. The minimum absolute atomic E-state index is 0.0388. The molecule has 0 aliphatic heterocycles. The molecular formula is C12H19NO3. The summed E-state index contributed by atoms with van der Waals surface area (Å²) in [7, 11) is 1.46. The number of ether oxygens (including phenoxy) is 1. The van der Waals surface area contributed by atoms with Gasteiger partial charge in [-0.15, -0.1) is 0 Å². The first-order chi connectivity index (χ1) is 7.20. The van der Waals surface area contributed by atoms with Crippen LogP contribution in [0, 0.1) is 0 Å². The van der Waals surface area contributed by atoms with E-state index in [1.54, 1.807) is 32.9 Å². The number of hydrogen-bond donors (Lipinski definition) is 3. The molecule has 0 spiro atoms. The summed E-state index contributed by atoms with van der Waals surface area (Å²) in [5, 5.41) is 19.8. The fourth-order valence-corrected chi connectivity index (χ4v) is 1.35. The lowest BCUT2D eigenvalue weighted by atomic mass is 9.79. The minimum Gasteiger partial charge on any atom is -0.504 e. The molecule has 0 amide bonds. The summed E-state index contributed by atoms with van der Waals surface area (Å²) in [5.41, 5.74) is 4.53. The summed E-state index contributed by atoms with van der Waals surface area (Å²) < 4.78 is 4.99. The number of rotatable bonds is 3. The molecule has 16 heavy (non-hydrogen) atoms. The largest absolute Gasteiger partial charge is 0.504 e. The topological polar surface area (TPSA) is 75.7 Å². The third kappa shape index (κ3) is 2.13. The van der Waals surface area contributed by atoms with E-state index in [-0.39, 0.29) is 5.75 Å². The van der Waals surface area contributed by atoms with Crippen molar-refractivity contribution in [3.8, 4) is 11.5 Å². The zero-order valence-corrected chi connectivity index (χ0v) is 10.1. The van der Waals surface area contributed by atoms with Gasteiger partial charge in [-0.3, -0.25) is 0 Å². The summed E-state index contributed by atoms with van der Waals surface area (Å²) >= 11 is 0. The molecule has 0 aliphatic rings. The lowest BCUT2D eigenvalue weighted by molar-refractivity contribution is -0.00888. The third-order valence-corrected chi connectivity index (χ3v) is 3.00. The van der Waals surface area contributed by atoms with Gasteiger partial charge >= 0.3 is 0 Å². The van der Waals surface area contributed by atoms with Gasteiger partial charge < -0.3 is 20.7 Å². The van der Waals surface area contributed by atoms with E-state index in [4.69, 9.17) is 10.5 Å². The average molecular weight is 225 g/mol. The molecule has 0 saturated carbocycles. The van der Waals surface area contributed by atoms with Crippen LogP contribution in [-0.2, 0) is 5.60 Å². The Balaban J connectivity index is 3.24. The van der Waals surface area contributed by atoms with Gasteiger partial charge in [0.2, 0.25) is 0 Å². The van der Waals surface area contributed by atoms with Crippen LogP contribution in [0.25, 0.3) is 0 Å². The van der Waals surface area contributed by atoms with E-state index >= 15 is 0 Å². The highest BCUT2D eigenvalue weighted by Crippen LogP contribution is 2.35. The van der Waals surface area contributed by atoms with Crippen molar-refractivity contribution in [1.29, 1.82) is 0 Å². The van der Waals surface area contributed by atoms with Crippen LogP contribution in [0.3, 0.4) is 0 Å². The molecule has 90 valence electrons. The van der Waals surface area contributed by atoms with Crippen molar-refractivity contribution >= 4 is 0 Å². The van der Waals surface area contributed by atoms with Crippen molar-refractivity contribution in [1.82, 2.24) is 0 Å². The van der Waals surface area contributed by atoms with Crippen molar-refractivity contribution < 1.29 is 14.9 Å². The van der Waals surface area contributed by atoms with Crippen LogP contribution in [0.15, 0.2) is 18.2 Å². The SMILES string of the molecule is COc1cc(C(C)(O)C(C)(C)N)ccc1O. The Labute approximate surface area is 95.7 Å². The Kier molecular flexibility index (Phi) is 3.17. The Bertz CT molecular complexity index is 380. The van der Waals surface area contributed by atoms with Gasteiger partial charge in [0.05, 0.1) is 7.11 Å². The number of aliphatic hydroxyl groups is 1. The fourth-order valence-electron chi connectivity index (χ4n) is 1.35. The second kappa shape index (κ2) is 3.96. The van der Waals surface area contributed by atoms with Crippen LogP contribution in [0.2, 0.25) is 0 Å². The normalized spacial score (nSPS) is 15.6. The van der Waals surface area contributed by atoms with Gasteiger partial charge in [0.25, 0.3) is 0 Å². The van der Waals surface area contributed by atoms with Gasteiger partial charge in [0.1, 0.15) is 5.60 Å². The number of aromatic hydroxyl groups is 1. The van der Waals surface area contributed by atoms with Gasteiger partial charge in [0.15, 0.2) is 11.5 Å². The molecule has 1 unspecified atom stereocenters. The molecule has 4 N–H and O–H groups in total. The molecule has 0 bridgehead atoms. The van der Waals surface area contributed by atoms with Crippen molar-refractivity contribution in [2.45, 2.75) is 31.9 Å². The number of methoxy groups -OCH3 is 1. The number of benzene rings is 1. The second-order valence-electron chi connectivity index (χ2n) is 4.68. The van der Waals surface area contributed by atoms with E-state index < -0.39 is 11.1 Å². The quantitative estimate of drug-likeness (QED) is 0.725. The van der Waals surface area contributed by atoms with E-state index in [0.717, 1.165) is 0 Å². The number of nitrogens with two attached hydrogens (primary N) is 1. The Hall–Kier alpha value is -1.26. The number of phenols is 1. The van der Waals surface area contributed by atoms with Crippen LogP contribution < -0.4 is 10.5 Å². The molecule has 0 fully saturated rings. The smallest absolute Gasteiger partial charge is 0.160 e. The van der Waals surface area contributed by atoms with Crippen molar-refractivity contribution in [3.63, 3.8) is 0 Å². The van der Waals surface area contributed by atoms with E-state index in [1.807, 2.05) is 0 Å². The van der Waals surface area contributed by atoms with Crippen LogP contribution in [0.1, 0.15) is 26.3 Å². The molecule has 0 aliphatic carbocycles. The molecule has 4 nitrogen and oxygen atoms in total. The van der Waals surface area contributed by atoms with Gasteiger partial charge in [0, 0.05) is 5.54 Å². The van der Waals surface area contributed by atoms with Crippen LogP contribution in [0.4, 0.5) is 0 Å². The monoisotopic (exact) mass is 225 g/mol. The molecule has 1 aromatic carbocycles. The van der Waals surface area contributed by atoms with E-state index in [1.165, 1.54) is 13.2 Å². The molecule has 1 rings (SSSR count). The second-order valence-corrected chi connectivity index (χ2v) is 4.68. The number of hydrogen-bond acceptors (Lipinski definition) is 4. The highest BCUT2D eigenvalue weighted by Gasteiger charge is 2.38. The first-order valence-electron chi connectivity index (χ1n) is 5.09. The zero-order valence-electron chi connectivity index (χ0n) is 10.1. The van der Waals surface area contributed by atoms with E-state index in [2.05, 4.69) is 0 Å². The van der Waals surface area contributed by atoms with Crippen molar-refractivity contribution in [3.05, 3.63) is 23.8 Å². The number of phenolic OH excluding ortho intramolecular Hbond substituents is 1. The molecule has 0 heterocycles. The molecule has 1 atom stereocenters. The Morgan fingerprint density at radius 3 is 2.25 bits per heavy atom. The molecule has 0 radical (unpaired) electrons. The maximum atomic E-state index is 10.4. The average Bonchev–Trinajstić information content (AvgIpc) is 2.16. The van der Waals surface area contributed by atoms with Crippen LogP contribution >= 0.6 is 0 Å². The van der Waals surface area contributed by atoms with Crippen molar-refractivity contribution in [2.24, 2.45) is 5.73 Å². The van der Waals surface area contributed by atoms with Crippen molar-refractivity contribution in [2.75, 3.05) is 7.11 Å². The standard InChI is InChI=1S/C12H19NO3/c1-11(2,13)12(3,15)8-5-6-9(14)10(7-8)16-4/h5-7,14-15H,13H2,1-4H3. The van der Waals surface area contributed by atoms with Gasteiger partial charge in [-0.05, 0) is 38.5 Å². The van der Waals surface area contributed by atoms with Gasteiger partial charge in [-0.1, -0.05) is 6.07 Å². The summed E-state index contributed by atoms with van der Waals surface area (Å²) in [6.45, 7) is 5.12. The fraction of sp³-hybridized carbons (Fsp3) is 0.500. The predicted octanol–water partition coefficient (Wildman–Crippen LogP) is 1.35. The van der Waals surface area contributed by atoms with Gasteiger partial charge in [-0.2, -0.15) is 0 Å². The zero-order chi connectivity index (χ0) is 12.6. The first-order valence-corrected chi connectivity index (χ1v) is 5.09. The molecule has 1 aromatic rings. The predicted molar refractivity (Wildman–Crippen MR) is 62.5 cm³/mol. The van der Waals surface area contributed by atoms with E-state index in [9.17, 15) is 10.2 Å². The summed E-state index contributed by atoms with van der Waals surface area (Å²) in [5.74, 6) is 0.360. The van der Waals surface area contributed by atoms with Crippen LogP contribution in [-0.4, -0.2) is 22.9 Å². The Morgan fingerprint density at radius 2 is 1.81 bits per heavy atom. The Morgan fingerprint density at radius 1 is 1.25 bits per heavy atom. The summed E-state index contributed by atoms with van der Waals surface area (Å²) in [4.78, 5) is 0. The highest BCUT2D eigenvalue weighted by molar-refractivity contribution is 5.44. The first kappa shape index (κ1) is 12.8.